The summed E-state index contributed by atoms with van der Waals surface area (Å²) in [6, 6.07) is 13.1. The van der Waals surface area contributed by atoms with Crippen LogP contribution >= 0.6 is 0 Å². The van der Waals surface area contributed by atoms with Gasteiger partial charge in [0.05, 0.1) is 38.2 Å². The van der Waals surface area contributed by atoms with Gasteiger partial charge < -0.3 is 18.8 Å². The van der Waals surface area contributed by atoms with E-state index in [2.05, 4.69) is 14.9 Å². The van der Waals surface area contributed by atoms with E-state index in [-0.39, 0.29) is 0 Å². The lowest BCUT2D eigenvalue weighted by atomic mass is 10.1. The Kier molecular flexibility index (Phi) is 6.51. The van der Waals surface area contributed by atoms with Crippen molar-refractivity contribution in [2.75, 3.05) is 34.4 Å². The Morgan fingerprint density at radius 1 is 1.06 bits per heavy atom. The number of hydrogen-bond donors (Lipinski definition) is 0. The van der Waals surface area contributed by atoms with Gasteiger partial charge in [0, 0.05) is 18.2 Å². The van der Waals surface area contributed by atoms with Crippen LogP contribution in [0.3, 0.4) is 0 Å². The minimum Gasteiger partial charge on any atom is -0.497 e. The van der Waals surface area contributed by atoms with E-state index in [9.17, 15) is 4.79 Å². The summed E-state index contributed by atoms with van der Waals surface area (Å²) in [6.45, 7) is 1.95. The van der Waals surface area contributed by atoms with Crippen molar-refractivity contribution in [1.29, 1.82) is 0 Å². The third kappa shape index (κ3) is 4.97. The number of nitrogens with zero attached hydrogens (tertiary/aromatic N) is 4. The number of benzene rings is 2. The zero-order chi connectivity index (χ0) is 22.5. The van der Waals surface area contributed by atoms with E-state index in [4.69, 9.17) is 13.9 Å². The molecule has 8 heteroatoms. The Morgan fingerprint density at radius 3 is 2.62 bits per heavy atom. The molecule has 0 N–H and O–H groups in total. The number of rotatable bonds is 9. The zero-order valence-corrected chi connectivity index (χ0v) is 18.4. The van der Waals surface area contributed by atoms with Crippen LogP contribution in [0.15, 0.2) is 64.1 Å². The summed E-state index contributed by atoms with van der Waals surface area (Å²) >= 11 is 0. The predicted octanol–water partition coefficient (Wildman–Crippen LogP) is 3.44. The van der Waals surface area contributed by atoms with Crippen molar-refractivity contribution in [3.8, 4) is 22.9 Å². The SMILES string of the molecule is COc1ccc2oc(=O)n(Cc3cccc(-c4ncc(OCCCN(C)C)cn4)c3)c2c1. The second kappa shape index (κ2) is 9.65. The van der Waals surface area contributed by atoms with Crippen molar-refractivity contribution in [2.24, 2.45) is 0 Å². The van der Waals surface area contributed by atoms with Crippen LogP contribution in [0.5, 0.6) is 11.5 Å². The van der Waals surface area contributed by atoms with E-state index in [0.29, 0.717) is 41.6 Å². The van der Waals surface area contributed by atoms with Gasteiger partial charge in [0.25, 0.3) is 0 Å². The molecule has 32 heavy (non-hydrogen) atoms. The molecule has 4 rings (SSSR count). The summed E-state index contributed by atoms with van der Waals surface area (Å²) in [6.07, 6.45) is 4.31. The third-order valence-corrected chi connectivity index (χ3v) is 5.05. The average Bonchev–Trinajstić information content (AvgIpc) is 3.11. The first kappa shape index (κ1) is 21.6. The fourth-order valence-electron chi connectivity index (χ4n) is 3.42. The van der Waals surface area contributed by atoms with Crippen molar-refractivity contribution >= 4 is 11.1 Å². The second-order valence-corrected chi connectivity index (χ2v) is 7.74. The van der Waals surface area contributed by atoms with Crippen molar-refractivity contribution in [2.45, 2.75) is 13.0 Å². The second-order valence-electron chi connectivity index (χ2n) is 7.74. The predicted molar refractivity (Wildman–Crippen MR) is 122 cm³/mol. The van der Waals surface area contributed by atoms with Gasteiger partial charge in [0.15, 0.2) is 17.2 Å². The fourth-order valence-corrected chi connectivity index (χ4v) is 3.42. The molecule has 2 aromatic heterocycles. The van der Waals surface area contributed by atoms with Crippen LogP contribution in [-0.2, 0) is 6.54 Å². The molecule has 166 valence electrons. The summed E-state index contributed by atoms with van der Waals surface area (Å²) in [7, 11) is 5.66. The van der Waals surface area contributed by atoms with Gasteiger partial charge in [-0.05, 0) is 44.3 Å². The first-order chi connectivity index (χ1) is 15.5. The summed E-state index contributed by atoms with van der Waals surface area (Å²) < 4.78 is 17.9. The maximum absolute atomic E-state index is 12.4. The van der Waals surface area contributed by atoms with Gasteiger partial charge in [-0.15, -0.1) is 0 Å². The highest BCUT2D eigenvalue weighted by Gasteiger charge is 2.12. The summed E-state index contributed by atoms with van der Waals surface area (Å²) in [5.41, 5.74) is 3.01. The van der Waals surface area contributed by atoms with Crippen LogP contribution in [0.2, 0.25) is 0 Å². The van der Waals surface area contributed by atoms with Crippen LogP contribution in [0.25, 0.3) is 22.5 Å². The number of oxazole rings is 1. The van der Waals surface area contributed by atoms with Crippen molar-refractivity contribution in [1.82, 2.24) is 19.4 Å². The number of hydrogen-bond acceptors (Lipinski definition) is 7. The van der Waals surface area contributed by atoms with Gasteiger partial charge >= 0.3 is 5.76 Å². The Balaban J connectivity index is 1.50. The Labute approximate surface area is 186 Å². The van der Waals surface area contributed by atoms with Gasteiger partial charge in [-0.25, -0.2) is 14.8 Å². The summed E-state index contributed by atoms with van der Waals surface area (Å²) in [4.78, 5) is 23.4. The molecule has 8 nitrogen and oxygen atoms in total. The van der Waals surface area contributed by atoms with Gasteiger partial charge in [-0.3, -0.25) is 4.57 Å². The van der Waals surface area contributed by atoms with Gasteiger partial charge in [0.2, 0.25) is 0 Å². The molecular formula is C24H26N4O4. The highest BCUT2D eigenvalue weighted by atomic mass is 16.5. The van der Waals surface area contributed by atoms with Gasteiger partial charge in [0.1, 0.15) is 5.75 Å². The first-order valence-corrected chi connectivity index (χ1v) is 10.4. The molecule has 0 aliphatic rings. The molecule has 0 saturated heterocycles. The highest BCUT2D eigenvalue weighted by Crippen LogP contribution is 2.22. The number of aromatic nitrogens is 3. The normalized spacial score (nSPS) is 11.2. The van der Waals surface area contributed by atoms with Gasteiger partial charge in [-0.2, -0.15) is 0 Å². The van der Waals surface area contributed by atoms with Crippen LogP contribution in [0, 0.1) is 0 Å². The molecule has 2 heterocycles. The van der Waals surface area contributed by atoms with Crippen molar-refractivity contribution < 1.29 is 13.9 Å². The third-order valence-electron chi connectivity index (χ3n) is 5.05. The largest absolute Gasteiger partial charge is 0.497 e. The van der Waals surface area contributed by atoms with Crippen molar-refractivity contribution in [3.05, 3.63) is 71.0 Å². The minimum atomic E-state index is -0.411. The maximum atomic E-state index is 12.4. The molecule has 0 aliphatic heterocycles. The molecular weight excluding hydrogens is 408 g/mol. The lowest BCUT2D eigenvalue weighted by Gasteiger charge is -2.10. The number of ether oxygens (including phenoxy) is 2. The molecule has 0 spiro atoms. The molecule has 4 aromatic rings. The Morgan fingerprint density at radius 2 is 1.88 bits per heavy atom. The van der Waals surface area contributed by atoms with E-state index < -0.39 is 5.76 Å². The minimum absolute atomic E-state index is 0.361. The monoisotopic (exact) mass is 434 g/mol. The quantitative estimate of drug-likeness (QED) is 0.373. The lowest BCUT2D eigenvalue weighted by molar-refractivity contribution is 0.280. The van der Waals surface area contributed by atoms with Crippen LogP contribution < -0.4 is 15.2 Å². The molecule has 0 fully saturated rings. The number of methoxy groups -OCH3 is 1. The van der Waals surface area contributed by atoms with Crippen molar-refractivity contribution in [3.63, 3.8) is 0 Å². The van der Waals surface area contributed by atoms with E-state index >= 15 is 0 Å². The smallest absolute Gasteiger partial charge is 0.420 e. The van der Waals surface area contributed by atoms with Crippen LogP contribution in [0.4, 0.5) is 0 Å². The van der Waals surface area contributed by atoms with Gasteiger partial charge in [-0.1, -0.05) is 18.2 Å². The summed E-state index contributed by atoms with van der Waals surface area (Å²) in [5.74, 6) is 1.50. The van der Waals surface area contributed by atoms with E-state index in [0.717, 1.165) is 24.1 Å². The standard InChI is InChI=1S/C24H26N4O4/c1-27(2)10-5-11-31-20-14-25-23(26-15-20)18-7-4-6-17(12-18)16-28-21-13-19(30-3)8-9-22(21)32-24(28)29/h4,6-9,12-15H,5,10-11,16H2,1-3H3. The first-order valence-electron chi connectivity index (χ1n) is 10.4. The Bertz CT molecular complexity index is 1250. The van der Waals surface area contributed by atoms with E-state index in [1.165, 1.54) is 0 Å². The number of fused-ring (bicyclic) bond motifs is 1. The van der Waals surface area contributed by atoms with Crippen LogP contribution in [-0.4, -0.2) is 53.8 Å². The molecule has 2 aromatic carbocycles. The molecule has 0 amide bonds. The maximum Gasteiger partial charge on any atom is 0.420 e. The molecule has 0 aliphatic carbocycles. The fraction of sp³-hybridized carbons (Fsp3) is 0.292. The van der Waals surface area contributed by atoms with E-state index in [1.807, 2.05) is 38.4 Å². The zero-order valence-electron chi connectivity index (χ0n) is 18.4. The highest BCUT2D eigenvalue weighted by molar-refractivity contribution is 5.75. The van der Waals surface area contributed by atoms with Crippen LogP contribution in [0.1, 0.15) is 12.0 Å². The molecule has 0 bridgehead atoms. The lowest BCUT2D eigenvalue weighted by Crippen LogP contribution is -2.15. The molecule has 0 unspecified atom stereocenters. The molecule has 0 radical (unpaired) electrons. The van der Waals surface area contributed by atoms with E-state index in [1.54, 1.807) is 42.3 Å². The topological polar surface area (TPSA) is 82.6 Å². The molecule has 0 atom stereocenters. The summed E-state index contributed by atoms with van der Waals surface area (Å²) in [5, 5.41) is 0. The average molecular weight is 434 g/mol. The Hall–Kier alpha value is -3.65. The molecule has 0 saturated carbocycles.